The van der Waals surface area contributed by atoms with Crippen molar-refractivity contribution in [3.63, 3.8) is 0 Å². The van der Waals surface area contributed by atoms with Gasteiger partial charge >= 0.3 is 59.1 Å². The second kappa shape index (κ2) is 9.20. The molecule has 0 fully saturated rings. The van der Waals surface area contributed by atoms with Crippen molar-refractivity contribution in [2.45, 2.75) is 6.42 Å². The van der Waals surface area contributed by atoms with Crippen LogP contribution in [0.15, 0.2) is 0 Å². The molecule has 0 aliphatic heterocycles. The molecule has 0 heterocycles. The molecular weight excluding hydrogens is 175 g/mol. The quantitative estimate of drug-likeness (QED) is 0.347. The Hall–Kier alpha value is 2.11. The zero-order valence-electron chi connectivity index (χ0n) is 6.37. The van der Waals surface area contributed by atoms with E-state index in [1.54, 1.807) is 0 Å². The van der Waals surface area contributed by atoms with Crippen LogP contribution < -0.4 is 74.6 Å². The van der Waals surface area contributed by atoms with E-state index in [1.807, 2.05) is 0 Å². The summed E-state index contributed by atoms with van der Waals surface area (Å²) < 4.78 is 9.81. The van der Waals surface area contributed by atoms with E-state index >= 15 is 0 Å². The van der Waals surface area contributed by atoms with E-state index in [9.17, 15) is 14.4 Å². The summed E-state index contributed by atoms with van der Waals surface area (Å²) in [6, 6.07) is 0. The summed E-state index contributed by atoms with van der Waals surface area (Å²) >= 11 is 0. The van der Waals surface area contributed by atoms with Crippen LogP contribution in [0.1, 0.15) is 6.42 Å². The Kier molecular flexibility index (Phi) is 16.6. The molecule has 0 saturated carbocycles. The van der Waals surface area contributed by atoms with Crippen LogP contribution in [0.5, 0.6) is 0 Å². The molecule has 0 bridgehead atoms. The van der Waals surface area contributed by atoms with Crippen LogP contribution in [0.2, 0.25) is 0 Å². The van der Waals surface area contributed by atoms with Crippen LogP contribution in [0.4, 0.5) is 0 Å². The molecule has 0 aromatic rings. The molecule has 2 N–H and O–H groups in total. The summed E-state index contributed by atoms with van der Waals surface area (Å²) in [5.74, 6) is 0. The van der Waals surface area contributed by atoms with Crippen LogP contribution in [0, 0.1) is 0 Å². The van der Waals surface area contributed by atoms with Crippen LogP contribution in [0.3, 0.4) is 0 Å². The molecule has 50 valence electrons. The van der Waals surface area contributed by atoms with Gasteiger partial charge in [-0.05, 0) is 19.1 Å². The monoisotopic (exact) mass is 183 g/mol. The summed E-state index contributed by atoms with van der Waals surface area (Å²) in [4.78, 5) is 19.6. The first-order valence-electron chi connectivity index (χ1n) is 2.27. The molecule has 0 amide bonds. The molecule has 0 unspecified atom stereocenters. The number of hydrogen-bond acceptors (Lipinski definition) is 4. The van der Waals surface area contributed by atoms with E-state index in [1.165, 1.54) is 0 Å². The number of hydrogen-bond donors (Lipinski definition) is 1. The second-order valence-corrected chi connectivity index (χ2v) is 3.15. The summed E-state index contributed by atoms with van der Waals surface area (Å²) in [5, 5.41) is 0. The summed E-state index contributed by atoms with van der Waals surface area (Å²) in [7, 11) is -4.26. The maximum absolute atomic E-state index is 9.81. The minimum Gasteiger partial charge on any atom is -0.811 e. The van der Waals surface area contributed by atoms with Crippen molar-refractivity contribution in [2.75, 3.05) is 12.7 Å². The van der Waals surface area contributed by atoms with Crippen molar-refractivity contribution in [3.05, 3.63) is 0 Å². The van der Waals surface area contributed by atoms with Gasteiger partial charge in [-0.3, -0.25) is 0 Å². The Labute approximate surface area is 105 Å². The van der Waals surface area contributed by atoms with Gasteiger partial charge in [-0.25, -0.2) is 0 Å². The number of rotatable bonds is 3. The first-order valence-corrected chi connectivity index (χ1v) is 4.00. The Morgan fingerprint density at radius 3 is 1.80 bits per heavy atom. The van der Waals surface area contributed by atoms with Crippen molar-refractivity contribution in [1.82, 2.24) is 0 Å². The molecule has 0 aliphatic rings. The third kappa shape index (κ3) is 16.6. The van der Waals surface area contributed by atoms with Crippen molar-refractivity contribution < 1.29 is 73.5 Å². The van der Waals surface area contributed by atoms with Crippen molar-refractivity contribution >= 4 is 7.60 Å². The Morgan fingerprint density at radius 1 is 1.30 bits per heavy atom. The van der Waals surface area contributed by atoms with Gasteiger partial charge in [0.1, 0.15) is 0 Å². The molecule has 0 rings (SSSR count). The van der Waals surface area contributed by atoms with Crippen LogP contribution in [-0.4, -0.2) is 12.7 Å². The Morgan fingerprint density at radius 2 is 1.70 bits per heavy atom. The molecule has 0 aromatic carbocycles. The fourth-order valence-electron chi connectivity index (χ4n) is 0.285. The predicted molar refractivity (Wildman–Crippen MR) is 26.1 cm³/mol. The van der Waals surface area contributed by atoms with Gasteiger partial charge < -0.3 is 20.1 Å². The Bertz CT molecular complexity index is 106. The molecule has 0 saturated heterocycles. The van der Waals surface area contributed by atoms with E-state index < -0.39 is 7.60 Å². The minimum atomic E-state index is -4.26. The standard InChI is InChI=1S/C3H10NO3P.2Na/c4-2-1-3-8(5,6)7;;/h1-4H2,(H2,5,6,7);;/q;2*+1/p-2. The first-order chi connectivity index (χ1) is 3.56. The molecule has 0 spiro atoms. The molecular formula is C3H8NNa2O3P. The number of nitrogens with two attached hydrogens (primary N) is 1. The van der Waals surface area contributed by atoms with Gasteiger partial charge in [-0.15, -0.1) is 0 Å². The molecule has 0 atom stereocenters. The average Bonchev–Trinajstić information content (AvgIpc) is 1.59. The van der Waals surface area contributed by atoms with Gasteiger partial charge in [0, 0.05) is 0 Å². The topological polar surface area (TPSA) is 89.2 Å². The normalized spacial score (nSPS) is 9.50. The van der Waals surface area contributed by atoms with Gasteiger partial charge in [-0.1, -0.05) is 7.60 Å². The molecule has 0 aliphatic carbocycles. The van der Waals surface area contributed by atoms with E-state index in [2.05, 4.69) is 0 Å². The largest absolute Gasteiger partial charge is 1.00 e. The van der Waals surface area contributed by atoms with Crippen molar-refractivity contribution in [3.8, 4) is 0 Å². The fourth-order valence-corrected chi connectivity index (χ4v) is 0.855. The maximum Gasteiger partial charge on any atom is 1.00 e. The predicted octanol–water partition coefficient (Wildman–Crippen LogP) is -7.74. The van der Waals surface area contributed by atoms with Gasteiger partial charge in [0.15, 0.2) is 0 Å². The zero-order chi connectivity index (χ0) is 6.62. The Balaban J connectivity index is -0.000000245. The van der Waals surface area contributed by atoms with Crippen LogP contribution in [-0.2, 0) is 4.57 Å². The smallest absolute Gasteiger partial charge is 0.811 e. The SMILES string of the molecule is NCCCP(=O)([O-])[O-].[Na+].[Na+]. The van der Waals surface area contributed by atoms with Gasteiger partial charge in [0.05, 0.1) is 0 Å². The zero-order valence-corrected chi connectivity index (χ0v) is 11.3. The average molecular weight is 183 g/mol. The molecule has 7 heteroatoms. The third-order valence-corrected chi connectivity index (χ3v) is 1.50. The molecule has 0 aromatic heterocycles. The minimum absolute atomic E-state index is 0. The summed E-state index contributed by atoms with van der Waals surface area (Å²) in [6.45, 7) is 0.258. The first kappa shape index (κ1) is 18.0. The van der Waals surface area contributed by atoms with Crippen LogP contribution >= 0.6 is 7.60 Å². The molecule has 4 nitrogen and oxygen atoms in total. The molecule has 0 radical (unpaired) electrons. The van der Waals surface area contributed by atoms with E-state index in [0.717, 1.165) is 0 Å². The summed E-state index contributed by atoms with van der Waals surface area (Å²) in [5.41, 5.74) is 4.94. The molecule has 10 heavy (non-hydrogen) atoms. The van der Waals surface area contributed by atoms with Crippen molar-refractivity contribution in [1.29, 1.82) is 0 Å². The summed E-state index contributed by atoms with van der Waals surface area (Å²) in [6.07, 6.45) is -0.0478. The van der Waals surface area contributed by atoms with Gasteiger partial charge in [-0.2, -0.15) is 0 Å². The van der Waals surface area contributed by atoms with Crippen molar-refractivity contribution in [2.24, 2.45) is 5.73 Å². The third-order valence-electron chi connectivity index (χ3n) is 0.636. The van der Waals surface area contributed by atoms with Gasteiger partial charge in [0.25, 0.3) is 0 Å². The van der Waals surface area contributed by atoms with E-state index in [0.29, 0.717) is 0 Å². The van der Waals surface area contributed by atoms with Crippen LogP contribution in [0.25, 0.3) is 0 Å². The fraction of sp³-hybridized carbons (Fsp3) is 1.00. The second-order valence-electron chi connectivity index (χ2n) is 1.48. The van der Waals surface area contributed by atoms with E-state index in [4.69, 9.17) is 5.73 Å². The van der Waals surface area contributed by atoms with Gasteiger partial charge in [0.2, 0.25) is 0 Å². The maximum atomic E-state index is 9.81. The van der Waals surface area contributed by atoms with E-state index in [-0.39, 0.29) is 78.2 Å².